The Hall–Kier alpha value is -2.15. The number of hydrogen-bond donors (Lipinski definition) is 0. The molecule has 116 valence electrons. The normalized spacial score (nSPS) is 15.4. The van der Waals surface area contributed by atoms with Crippen LogP contribution in [0.1, 0.15) is 42.7 Å². The van der Waals surface area contributed by atoms with E-state index in [1.165, 1.54) is 53.3 Å². The Labute approximate surface area is 138 Å². The van der Waals surface area contributed by atoms with Gasteiger partial charge in [-0.05, 0) is 54.3 Å². The number of aromatic nitrogens is 1. The molecule has 0 spiro atoms. The first-order valence-electron chi connectivity index (χ1n) is 8.73. The van der Waals surface area contributed by atoms with Crippen LogP contribution in [0.15, 0.2) is 54.7 Å². The minimum absolute atomic E-state index is 0.746. The molecule has 0 saturated heterocycles. The number of hydrogen-bond acceptors (Lipinski definition) is 0. The topological polar surface area (TPSA) is 3.88 Å². The molecule has 1 aliphatic carbocycles. The summed E-state index contributed by atoms with van der Waals surface area (Å²) in [5.41, 5.74) is 5.56. The fourth-order valence-electron chi connectivity index (χ4n) is 4.19. The second-order valence-electron chi connectivity index (χ2n) is 6.88. The number of nitrogens with zero attached hydrogens (tertiary/aromatic N) is 1. The van der Waals surface area contributed by atoms with Crippen molar-refractivity contribution in [1.82, 2.24) is 0 Å². The van der Waals surface area contributed by atoms with Gasteiger partial charge in [-0.25, -0.2) is 4.57 Å². The third kappa shape index (κ3) is 2.45. The van der Waals surface area contributed by atoms with Crippen LogP contribution < -0.4 is 4.57 Å². The van der Waals surface area contributed by atoms with Gasteiger partial charge < -0.3 is 0 Å². The molecule has 4 rings (SSSR count). The van der Waals surface area contributed by atoms with Crippen molar-refractivity contribution in [3.8, 4) is 11.3 Å². The Bertz CT molecular complexity index is 857. The molecular formula is C22H24N+. The monoisotopic (exact) mass is 302 g/mol. The smallest absolute Gasteiger partial charge is 0.200 e. The number of rotatable bonds is 2. The van der Waals surface area contributed by atoms with Gasteiger partial charge in [0, 0.05) is 11.6 Å². The van der Waals surface area contributed by atoms with E-state index in [0.717, 1.165) is 5.92 Å². The van der Waals surface area contributed by atoms with E-state index < -0.39 is 0 Å². The molecule has 1 aromatic heterocycles. The van der Waals surface area contributed by atoms with E-state index in [1.807, 2.05) is 0 Å². The molecule has 0 N–H and O–H groups in total. The highest BCUT2D eigenvalue weighted by Gasteiger charge is 2.22. The maximum Gasteiger partial charge on any atom is 0.220 e. The summed E-state index contributed by atoms with van der Waals surface area (Å²) in [4.78, 5) is 0. The van der Waals surface area contributed by atoms with E-state index in [4.69, 9.17) is 0 Å². The first kappa shape index (κ1) is 14.4. The zero-order chi connectivity index (χ0) is 15.8. The second kappa shape index (κ2) is 5.81. The maximum absolute atomic E-state index is 2.35. The summed E-state index contributed by atoms with van der Waals surface area (Å²) in [7, 11) is 2.16. The molecular weight excluding hydrogens is 278 g/mol. The molecule has 1 aliphatic rings. The van der Waals surface area contributed by atoms with Crippen LogP contribution in [0, 0.1) is 6.92 Å². The van der Waals surface area contributed by atoms with Crippen LogP contribution in [-0.2, 0) is 7.05 Å². The number of aryl methyl sites for hydroxylation is 2. The largest absolute Gasteiger partial charge is 0.220 e. The zero-order valence-electron chi connectivity index (χ0n) is 14.0. The third-order valence-corrected chi connectivity index (χ3v) is 5.41. The molecule has 3 aromatic rings. The summed E-state index contributed by atoms with van der Waals surface area (Å²) in [5, 5.41) is 2.82. The Morgan fingerprint density at radius 2 is 1.65 bits per heavy atom. The summed E-state index contributed by atoms with van der Waals surface area (Å²) in [6.07, 6.45) is 7.68. The van der Waals surface area contributed by atoms with Crippen molar-refractivity contribution >= 4 is 10.8 Å². The Morgan fingerprint density at radius 3 is 2.43 bits per heavy atom. The Balaban J connectivity index is 2.00. The summed E-state index contributed by atoms with van der Waals surface area (Å²) in [6.45, 7) is 2.20. The number of pyridine rings is 1. The molecule has 0 bridgehead atoms. The highest BCUT2D eigenvalue weighted by Crippen LogP contribution is 2.39. The molecule has 2 aromatic carbocycles. The predicted molar refractivity (Wildman–Crippen MR) is 96.5 cm³/mol. The van der Waals surface area contributed by atoms with Crippen molar-refractivity contribution in [2.75, 3.05) is 0 Å². The van der Waals surface area contributed by atoms with Crippen LogP contribution in [-0.4, -0.2) is 0 Å². The lowest BCUT2D eigenvalue weighted by Gasteiger charge is -2.14. The van der Waals surface area contributed by atoms with E-state index in [1.54, 1.807) is 5.56 Å². The predicted octanol–water partition coefficient (Wildman–Crippen LogP) is 5.30. The van der Waals surface area contributed by atoms with Crippen LogP contribution in [0.25, 0.3) is 22.0 Å². The molecule has 0 radical (unpaired) electrons. The van der Waals surface area contributed by atoms with Crippen LogP contribution in [0.2, 0.25) is 0 Å². The summed E-state index contributed by atoms with van der Waals surface area (Å²) < 4.78 is 2.27. The van der Waals surface area contributed by atoms with Crippen LogP contribution in [0.3, 0.4) is 0 Å². The van der Waals surface area contributed by atoms with Crippen LogP contribution >= 0.6 is 0 Å². The van der Waals surface area contributed by atoms with Crippen molar-refractivity contribution in [1.29, 1.82) is 0 Å². The van der Waals surface area contributed by atoms with Crippen molar-refractivity contribution in [2.45, 2.75) is 38.5 Å². The summed E-state index contributed by atoms with van der Waals surface area (Å²) in [6, 6.07) is 17.9. The van der Waals surface area contributed by atoms with Gasteiger partial charge in [-0.15, -0.1) is 0 Å². The minimum Gasteiger partial charge on any atom is -0.200 e. The zero-order valence-corrected chi connectivity index (χ0v) is 14.0. The third-order valence-electron chi connectivity index (χ3n) is 5.41. The first-order valence-corrected chi connectivity index (χ1v) is 8.73. The van der Waals surface area contributed by atoms with Gasteiger partial charge in [-0.1, -0.05) is 43.2 Å². The van der Waals surface area contributed by atoms with Crippen molar-refractivity contribution in [2.24, 2.45) is 7.05 Å². The first-order chi connectivity index (χ1) is 11.3. The lowest BCUT2D eigenvalue weighted by Crippen LogP contribution is -2.30. The molecule has 0 unspecified atom stereocenters. The van der Waals surface area contributed by atoms with Crippen LogP contribution in [0.4, 0.5) is 0 Å². The van der Waals surface area contributed by atoms with E-state index in [0.29, 0.717) is 0 Å². The average Bonchev–Trinajstić information content (AvgIpc) is 3.09. The van der Waals surface area contributed by atoms with E-state index in [-0.39, 0.29) is 0 Å². The molecule has 1 nitrogen and oxygen atoms in total. The minimum atomic E-state index is 0.746. The van der Waals surface area contributed by atoms with Crippen LogP contribution in [0.5, 0.6) is 0 Å². The van der Waals surface area contributed by atoms with Gasteiger partial charge in [0.1, 0.15) is 7.05 Å². The molecule has 23 heavy (non-hydrogen) atoms. The second-order valence-corrected chi connectivity index (χ2v) is 6.88. The summed E-state index contributed by atoms with van der Waals surface area (Å²) in [5.74, 6) is 0.746. The van der Waals surface area contributed by atoms with Crippen molar-refractivity contribution < 1.29 is 4.57 Å². The van der Waals surface area contributed by atoms with Gasteiger partial charge in [0.15, 0.2) is 6.20 Å². The summed E-state index contributed by atoms with van der Waals surface area (Å²) >= 11 is 0. The Morgan fingerprint density at radius 1 is 0.870 bits per heavy atom. The van der Waals surface area contributed by atoms with Gasteiger partial charge in [-0.3, -0.25) is 0 Å². The van der Waals surface area contributed by atoms with E-state index >= 15 is 0 Å². The number of fused-ring (bicyclic) bond motifs is 1. The van der Waals surface area contributed by atoms with Crippen molar-refractivity contribution in [3.05, 3.63) is 65.9 Å². The van der Waals surface area contributed by atoms with E-state index in [2.05, 4.69) is 73.3 Å². The molecule has 0 amide bonds. The van der Waals surface area contributed by atoms with Crippen molar-refractivity contribution in [3.63, 3.8) is 0 Å². The van der Waals surface area contributed by atoms with E-state index in [9.17, 15) is 0 Å². The molecule has 1 heterocycles. The van der Waals surface area contributed by atoms with Gasteiger partial charge in [0.2, 0.25) is 5.69 Å². The lowest BCUT2D eigenvalue weighted by molar-refractivity contribution is -0.659. The SMILES string of the molecule is Cc1ccccc1-c1c2cccc(C3CCCC3)c2cc[n+]1C. The molecule has 1 fully saturated rings. The molecule has 1 heteroatoms. The maximum atomic E-state index is 2.35. The fourth-order valence-corrected chi connectivity index (χ4v) is 4.19. The molecule has 0 atom stereocenters. The standard InChI is InChI=1S/C22H24N/c1-16-8-3-6-11-18(16)22-21-13-7-12-19(17-9-4-5-10-17)20(21)14-15-23(22)2/h3,6-8,11-15,17H,4-5,9-10H2,1-2H3/q+1. The Kier molecular flexibility index (Phi) is 3.65. The molecule has 0 aliphatic heterocycles. The highest BCUT2D eigenvalue weighted by molar-refractivity contribution is 5.95. The fraction of sp³-hybridized carbons (Fsp3) is 0.318. The highest BCUT2D eigenvalue weighted by atomic mass is 14.9. The number of benzene rings is 2. The lowest BCUT2D eigenvalue weighted by atomic mass is 9.90. The van der Waals surface area contributed by atoms with Gasteiger partial charge in [0.25, 0.3) is 0 Å². The quantitative estimate of drug-likeness (QED) is 0.566. The van der Waals surface area contributed by atoms with Gasteiger partial charge >= 0.3 is 0 Å². The van der Waals surface area contributed by atoms with Gasteiger partial charge in [-0.2, -0.15) is 0 Å². The van der Waals surface area contributed by atoms with Gasteiger partial charge in [0.05, 0.1) is 5.39 Å². The average molecular weight is 302 g/mol. The molecule has 1 saturated carbocycles.